The van der Waals surface area contributed by atoms with Crippen LogP contribution in [0.2, 0.25) is 0 Å². The molecule has 0 amide bonds. The maximum absolute atomic E-state index is 13.3. The van der Waals surface area contributed by atoms with Gasteiger partial charge in [-0.05, 0) is 31.2 Å². The quantitative estimate of drug-likeness (QED) is 0.406. The van der Waals surface area contributed by atoms with Gasteiger partial charge in [-0.15, -0.1) is 28.3 Å². The third kappa shape index (κ3) is 4.67. The molecule has 0 aliphatic rings. The van der Waals surface area contributed by atoms with Crippen molar-refractivity contribution >= 4 is 39.4 Å². The van der Waals surface area contributed by atoms with Crippen LogP contribution in [0.25, 0.3) is 22.3 Å². The number of ether oxygens (including phenoxy) is 1. The lowest BCUT2D eigenvalue weighted by Crippen LogP contribution is -2.15. The van der Waals surface area contributed by atoms with Crippen molar-refractivity contribution in [2.45, 2.75) is 26.1 Å². The van der Waals surface area contributed by atoms with Crippen LogP contribution in [0.15, 0.2) is 40.5 Å². The van der Waals surface area contributed by atoms with Gasteiger partial charge in [-0.2, -0.15) is 18.3 Å². The van der Waals surface area contributed by atoms with Crippen LogP contribution in [0, 0.1) is 6.92 Å². The second kappa shape index (κ2) is 8.83. The van der Waals surface area contributed by atoms with E-state index in [4.69, 9.17) is 4.74 Å². The fraction of sp³-hybridized carbons (Fsp3) is 0.250. The molecule has 4 rings (SSSR count). The topological polar surface area (TPSA) is 72.8 Å². The summed E-state index contributed by atoms with van der Waals surface area (Å²) in [6.45, 7) is 1.79. The monoisotopic (exact) mass is 514 g/mol. The molecule has 0 saturated carbocycles. The van der Waals surface area contributed by atoms with Crippen molar-refractivity contribution in [3.63, 3.8) is 0 Å². The van der Waals surface area contributed by atoms with E-state index in [0.29, 0.717) is 12.5 Å². The van der Waals surface area contributed by atoms with Crippen molar-refractivity contribution in [2.75, 3.05) is 7.11 Å². The Kier molecular flexibility index (Phi) is 6.56. The summed E-state index contributed by atoms with van der Waals surface area (Å²) in [5.74, 6) is 0.752. The summed E-state index contributed by atoms with van der Waals surface area (Å²) in [4.78, 5) is 18.9. The number of nitrogens with one attached hydrogen (secondary N) is 1. The second-order valence-corrected chi connectivity index (χ2v) is 7.62. The molecule has 0 spiro atoms. The number of thiazole rings is 1. The predicted molar refractivity (Wildman–Crippen MR) is 118 cm³/mol. The first-order valence-electron chi connectivity index (χ1n) is 9.02. The largest absolute Gasteiger partial charge is 0.497 e. The molecule has 0 aliphatic heterocycles. The molecule has 0 radical (unpaired) electrons. The van der Waals surface area contributed by atoms with Gasteiger partial charge in [0.1, 0.15) is 11.4 Å². The number of nitrogens with zero attached hydrogens (tertiary/aromatic N) is 3. The van der Waals surface area contributed by atoms with Crippen molar-refractivity contribution < 1.29 is 17.9 Å². The highest BCUT2D eigenvalue weighted by Crippen LogP contribution is 2.34. The molecule has 6 nitrogen and oxygen atoms in total. The number of pyridine rings is 1. The molecule has 11 heteroatoms. The number of fused-ring (bicyclic) bond motifs is 1. The number of hydrogen-bond donors (Lipinski definition) is 1. The Hall–Kier alpha value is -2.66. The highest BCUT2D eigenvalue weighted by molar-refractivity contribution is 8.93. The summed E-state index contributed by atoms with van der Waals surface area (Å²) in [6.07, 6.45) is -4.16. The van der Waals surface area contributed by atoms with Gasteiger partial charge in [0.05, 0.1) is 34.5 Å². The first-order valence-corrected chi connectivity index (χ1v) is 9.90. The summed E-state index contributed by atoms with van der Waals surface area (Å²) in [5, 5.41) is 6.87. The van der Waals surface area contributed by atoms with E-state index in [9.17, 15) is 18.0 Å². The molecule has 3 aromatic heterocycles. The van der Waals surface area contributed by atoms with Crippen molar-refractivity contribution in [1.82, 2.24) is 19.7 Å². The van der Waals surface area contributed by atoms with Gasteiger partial charge >= 0.3 is 6.18 Å². The number of rotatable bonds is 5. The summed E-state index contributed by atoms with van der Waals surface area (Å²) in [6, 6.07) is 8.09. The van der Waals surface area contributed by atoms with Gasteiger partial charge in [0, 0.05) is 30.0 Å². The third-order valence-electron chi connectivity index (χ3n) is 4.69. The molecule has 1 N–H and O–H groups in total. The highest BCUT2D eigenvalue weighted by atomic mass is 79.9. The lowest BCUT2D eigenvalue weighted by atomic mass is 10.1. The average molecular weight is 515 g/mol. The van der Waals surface area contributed by atoms with E-state index in [1.165, 1.54) is 22.9 Å². The summed E-state index contributed by atoms with van der Waals surface area (Å²) < 4.78 is 46.6. The molecule has 3 heterocycles. The number of alkyl halides is 3. The van der Waals surface area contributed by atoms with Gasteiger partial charge in [-0.25, -0.2) is 9.67 Å². The fourth-order valence-electron chi connectivity index (χ4n) is 3.29. The van der Waals surface area contributed by atoms with E-state index in [1.54, 1.807) is 7.11 Å². The molecule has 0 aliphatic carbocycles. The minimum absolute atomic E-state index is 0. The Bertz CT molecular complexity index is 1260. The third-order valence-corrected chi connectivity index (χ3v) is 5.60. The lowest BCUT2D eigenvalue weighted by Gasteiger charge is -2.08. The molecule has 31 heavy (non-hydrogen) atoms. The number of halogens is 4. The van der Waals surface area contributed by atoms with Crippen LogP contribution in [0.1, 0.15) is 16.3 Å². The van der Waals surface area contributed by atoms with Crippen molar-refractivity contribution in [3.05, 3.63) is 62.3 Å². The molecule has 0 saturated heterocycles. The molecule has 4 aromatic rings. The Morgan fingerprint density at radius 1 is 1.23 bits per heavy atom. The lowest BCUT2D eigenvalue weighted by molar-refractivity contribution is -0.136. The highest BCUT2D eigenvalue weighted by Gasteiger charge is 2.35. The number of aromatic amines is 1. The Balaban J connectivity index is 0.00000272. The minimum Gasteiger partial charge on any atom is -0.497 e. The van der Waals surface area contributed by atoms with Gasteiger partial charge in [-0.3, -0.25) is 4.79 Å². The van der Waals surface area contributed by atoms with Crippen molar-refractivity contribution in [1.29, 1.82) is 0 Å². The van der Waals surface area contributed by atoms with Crippen LogP contribution in [0.4, 0.5) is 13.2 Å². The van der Waals surface area contributed by atoms with Crippen molar-refractivity contribution in [2.24, 2.45) is 0 Å². The van der Waals surface area contributed by atoms with Gasteiger partial charge in [0.15, 0.2) is 0 Å². The molecule has 0 fully saturated rings. The number of methoxy groups -OCH3 is 1. The normalized spacial score (nSPS) is 11.5. The fourth-order valence-corrected chi connectivity index (χ4v) is 4.09. The van der Waals surface area contributed by atoms with Crippen LogP contribution in [0.3, 0.4) is 0 Å². The zero-order valence-corrected chi connectivity index (χ0v) is 19.0. The van der Waals surface area contributed by atoms with Gasteiger partial charge in [-0.1, -0.05) is 0 Å². The van der Waals surface area contributed by atoms with E-state index in [-0.39, 0.29) is 40.3 Å². The number of aromatic nitrogens is 4. The standard InChI is InChI=1S/C20H17F3N4O2S.BrH/c1-11-18-14(20(21,22)23)9-16(28)25-19(18)27(26-11)8-7-17-24-15(10-30-17)12-3-5-13(29-2)6-4-12;/h3-6,9-10H,7-8H2,1-2H3,(H,25,28);1H. The van der Waals surface area contributed by atoms with Crippen molar-refractivity contribution in [3.8, 4) is 17.0 Å². The van der Waals surface area contributed by atoms with E-state index < -0.39 is 17.3 Å². The molecule has 0 atom stereocenters. The second-order valence-electron chi connectivity index (χ2n) is 6.68. The van der Waals surface area contributed by atoms with E-state index >= 15 is 0 Å². The van der Waals surface area contributed by atoms with Gasteiger partial charge in [0.25, 0.3) is 0 Å². The van der Waals surface area contributed by atoms with Gasteiger partial charge < -0.3 is 9.72 Å². The molecule has 0 bridgehead atoms. The zero-order chi connectivity index (χ0) is 21.5. The average Bonchev–Trinajstić information content (AvgIpc) is 3.30. The van der Waals surface area contributed by atoms with Crippen LogP contribution in [-0.2, 0) is 19.1 Å². The number of H-pyrrole nitrogens is 1. The van der Waals surface area contributed by atoms with Crippen LogP contribution >= 0.6 is 28.3 Å². The summed E-state index contributed by atoms with van der Waals surface area (Å²) in [7, 11) is 1.60. The molecular weight excluding hydrogens is 497 g/mol. The first kappa shape index (κ1) is 23.0. The Morgan fingerprint density at radius 3 is 2.58 bits per heavy atom. The number of benzene rings is 1. The summed E-state index contributed by atoms with van der Waals surface area (Å²) >= 11 is 1.46. The van der Waals surface area contributed by atoms with E-state index in [2.05, 4.69) is 15.1 Å². The Morgan fingerprint density at radius 2 is 1.94 bits per heavy atom. The van der Waals surface area contributed by atoms with Gasteiger partial charge in [0.2, 0.25) is 5.56 Å². The van der Waals surface area contributed by atoms with Crippen LogP contribution in [0.5, 0.6) is 5.75 Å². The SMILES string of the molecule is Br.COc1ccc(-c2csc(CCn3nc(C)c4c(C(F)(F)F)cc(=O)[nH]c43)n2)cc1. The zero-order valence-electron chi connectivity index (χ0n) is 16.5. The first-order chi connectivity index (χ1) is 14.3. The summed E-state index contributed by atoms with van der Waals surface area (Å²) in [5.41, 5.74) is 0.253. The molecule has 1 aromatic carbocycles. The minimum atomic E-state index is -4.63. The predicted octanol–water partition coefficient (Wildman–Crippen LogP) is 5.00. The maximum atomic E-state index is 13.3. The van der Waals surface area contributed by atoms with Crippen LogP contribution in [-0.4, -0.2) is 26.9 Å². The van der Waals surface area contributed by atoms with E-state index in [1.807, 2.05) is 29.6 Å². The maximum Gasteiger partial charge on any atom is 0.417 e. The smallest absolute Gasteiger partial charge is 0.417 e. The number of hydrogen-bond acceptors (Lipinski definition) is 5. The molecular formula is C20H18BrF3N4O2S. The molecule has 0 unspecified atom stereocenters. The van der Waals surface area contributed by atoms with Crippen LogP contribution < -0.4 is 10.3 Å². The molecule has 164 valence electrons. The van der Waals surface area contributed by atoms with E-state index in [0.717, 1.165) is 22.0 Å². The Labute approximate surface area is 189 Å². The number of aryl methyl sites for hydroxylation is 3.